The van der Waals surface area contributed by atoms with Crippen molar-refractivity contribution in [2.24, 2.45) is 0 Å². The van der Waals surface area contributed by atoms with Crippen LogP contribution in [0, 0.1) is 12.7 Å². The number of fused-ring (bicyclic) bond motifs is 1. The highest BCUT2D eigenvalue weighted by Gasteiger charge is 2.49. The van der Waals surface area contributed by atoms with Gasteiger partial charge < -0.3 is 15.0 Å². The smallest absolute Gasteiger partial charge is 0.322 e. The van der Waals surface area contributed by atoms with Crippen molar-refractivity contribution in [3.8, 4) is 5.75 Å². The van der Waals surface area contributed by atoms with E-state index in [1.165, 1.54) is 18.1 Å². The van der Waals surface area contributed by atoms with E-state index < -0.39 is 23.3 Å². The standard InChI is InChI=1S/C21H20FN3O4/c1-12-3-4-13(17(22)7-12)9-21(19(27)23-20(28)24-21)11-25-10-14-5-6-15(29-2)8-16(14)18(25)26/h3-8H,9-11H2,1-2H3,(H2,23,24,27,28)/t21-/m1/s1. The van der Waals surface area contributed by atoms with Gasteiger partial charge in [-0.05, 0) is 41.8 Å². The van der Waals surface area contributed by atoms with Gasteiger partial charge in [0.2, 0.25) is 0 Å². The van der Waals surface area contributed by atoms with Gasteiger partial charge in [-0.25, -0.2) is 9.18 Å². The van der Waals surface area contributed by atoms with Crippen LogP contribution in [0.3, 0.4) is 0 Å². The van der Waals surface area contributed by atoms with E-state index in [1.54, 1.807) is 37.3 Å². The minimum absolute atomic E-state index is 0.0693. The second-order valence-corrected chi connectivity index (χ2v) is 7.45. The predicted octanol–water partition coefficient (Wildman–Crippen LogP) is 1.92. The number of benzene rings is 2. The fraction of sp³-hybridized carbons (Fsp3) is 0.286. The number of halogens is 1. The third-order valence-corrected chi connectivity index (χ3v) is 5.37. The molecule has 2 aromatic rings. The van der Waals surface area contributed by atoms with Crippen molar-refractivity contribution >= 4 is 17.8 Å². The molecule has 7 nitrogen and oxygen atoms in total. The largest absolute Gasteiger partial charge is 0.497 e. The van der Waals surface area contributed by atoms with Crippen molar-refractivity contribution in [3.05, 3.63) is 64.5 Å². The third-order valence-electron chi connectivity index (χ3n) is 5.37. The van der Waals surface area contributed by atoms with Crippen LogP contribution in [-0.4, -0.2) is 41.9 Å². The number of nitrogens with zero attached hydrogens (tertiary/aromatic N) is 1. The van der Waals surface area contributed by atoms with Crippen LogP contribution < -0.4 is 15.4 Å². The van der Waals surface area contributed by atoms with Gasteiger partial charge in [-0.15, -0.1) is 0 Å². The summed E-state index contributed by atoms with van der Waals surface area (Å²) < 4.78 is 19.6. The maximum Gasteiger partial charge on any atom is 0.322 e. The Morgan fingerprint density at radius 1 is 1.17 bits per heavy atom. The maximum atomic E-state index is 14.4. The Morgan fingerprint density at radius 2 is 1.97 bits per heavy atom. The van der Waals surface area contributed by atoms with Crippen LogP contribution in [0.5, 0.6) is 5.75 Å². The summed E-state index contributed by atoms with van der Waals surface area (Å²) in [6, 6.07) is 9.26. The number of nitrogens with one attached hydrogen (secondary N) is 2. The van der Waals surface area contributed by atoms with E-state index in [9.17, 15) is 18.8 Å². The molecule has 29 heavy (non-hydrogen) atoms. The first-order chi connectivity index (χ1) is 13.8. The van der Waals surface area contributed by atoms with Crippen LogP contribution in [0.1, 0.15) is 27.0 Å². The topological polar surface area (TPSA) is 87.7 Å². The highest BCUT2D eigenvalue weighted by Crippen LogP contribution is 2.30. The zero-order chi connectivity index (χ0) is 20.8. The van der Waals surface area contributed by atoms with Crippen molar-refractivity contribution in [2.45, 2.75) is 25.4 Å². The van der Waals surface area contributed by atoms with Crippen LogP contribution in [0.4, 0.5) is 9.18 Å². The average Bonchev–Trinajstić information content (AvgIpc) is 3.13. The summed E-state index contributed by atoms with van der Waals surface area (Å²) in [5.41, 5.74) is 0.885. The molecule has 2 aliphatic heterocycles. The summed E-state index contributed by atoms with van der Waals surface area (Å²) in [5.74, 6) is -0.748. The maximum absolute atomic E-state index is 14.4. The summed E-state index contributed by atoms with van der Waals surface area (Å²) >= 11 is 0. The number of carbonyl (C=O) groups excluding carboxylic acids is 3. The Morgan fingerprint density at radius 3 is 2.62 bits per heavy atom. The summed E-state index contributed by atoms with van der Waals surface area (Å²) in [5, 5.41) is 4.84. The zero-order valence-corrected chi connectivity index (χ0v) is 16.0. The number of imide groups is 1. The van der Waals surface area contributed by atoms with Gasteiger partial charge >= 0.3 is 6.03 Å². The summed E-state index contributed by atoms with van der Waals surface area (Å²) in [4.78, 5) is 39.0. The molecule has 1 saturated heterocycles. The summed E-state index contributed by atoms with van der Waals surface area (Å²) in [6.45, 7) is 1.98. The van der Waals surface area contributed by atoms with Crippen LogP contribution in [0.25, 0.3) is 0 Å². The van der Waals surface area contributed by atoms with Gasteiger partial charge in [0.1, 0.15) is 17.1 Å². The van der Waals surface area contributed by atoms with Crippen molar-refractivity contribution in [1.29, 1.82) is 0 Å². The quantitative estimate of drug-likeness (QED) is 0.755. The van der Waals surface area contributed by atoms with Gasteiger partial charge in [-0.1, -0.05) is 18.2 Å². The monoisotopic (exact) mass is 397 g/mol. The lowest BCUT2D eigenvalue weighted by Crippen LogP contribution is -2.57. The molecule has 4 rings (SSSR count). The minimum atomic E-state index is -1.45. The van der Waals surface area contributed by atoms with Crippen molar-refractivity contribution in [3.63, 3.8) is 0 Å². The fourth-order valence-electron chi connectivity index (χ4n) is 3.86. The molecule has 8 heteroatoms. The van der Waals surface area contributed by atoms with E-state index >= 15 is 0 Å². The Hall–Kier alpha value is -3.42. The molecule has 1 atom stereocenters. The average molecular weight is 397 g/mol. The van der Waals surface area contributed by atoms with E-state index in [0.29, 0.717) is 23.4 Å². The fourth-order valence-corrected chi connectivity index (χ4v) is 3.86. The molecule has 2 aromatic carbocycles. The normalized spacial score (nSPS) is 20.5. The van der Waals surface area contributed by atoms with Gasteiger partial charge in [0.05, 0.1) is 13.7 Å². The first-order valence-corrected chi connectivity index (χ1v) is 9.16. The molecule has 2 N–H and O–H groups in total. The Kier molecular flexibility index (Phi) is 4.49. The number of aryl methyl sites for hydroxylation is 1. The molecular formula is C21H20FN3O4. The van der Waals surface area contributed by atoms with Gasteiger partial charge in [-0.2, -0.15) is 0 Å². The molecule has 0 radical (unpaired) electrons. The molecule has 1 fully saturated rings. The van der Waals surface area contributed by atoms with E-state index in [-0.39, 0.29) is 18.9 Å². The first kappa shape index (κ1) is 18.9. The summed E-state index contributed by atoms with van der Waals surface area (Å²) in [7, 11) is 1.52. The van der Waals surface area contributed by atoms with Gasteiger partial charge in [-0.3, -0.25) is 14.9 Å². The Labute approximate surface area is 166 Å². The van der Waals surface area contributed by atoms with Crippen LogP contribution >= 0.6 is 0 Å². The lowest BCUT2D eigenvalue weighted by molar-refractivity contribution is -0.124. The molecule has 4 amide bonds. The van der Waals surface area contributed by atoms with Crippen molar-refractivity contribution in [1.82, 2.24) is 15.5 Å². The van der Waals surface area contributed by atoms with Crippen LogP contribution in [0.2, 0.25) is 0 Å². The Balaban J connectivity index is 1.64. The highest BCUT2D eigenvalue weighted by molar-refractivity contribution is 6.08. The molecule has 0 aliphatic carbocycles. The molecule has 0 spiro atoms. The lowest BCUT2D eigenvalue weighted by Gasteiger charge is -2.31. The molecular weight excluding hydrogens is 377 g/mol. The highest BCUT2D eigenvalue weighted by atomic mass is 19.1. The predicted molar refractivity (Wildman–Crippen MR) is 102 cm³/mol. The molecule has 0 saturated carbocycles. The van der Waals surface area contributed by atoms with Gasteiger partial charge in [0.25, 0.3) is 11.8 Å². The number of ether oxygens (including phenoxy) is 1. The molecule has 0 unspecified atom stereocenters. The van der Waals surface area contributed by atoms with E-state index in [2.05, 4.69) is 10.6 Å². The third kappa shape index (κ3) is 3.30. The van der Waals surface area contributed by atoms with Crippen molar-refractivity contribution in [2.75, 3.05) is 13.7 Å². The lowest BCUT2D eigenvalue weighted by atomic mass is 9.89. The molecule has 150 valence electrons. The van der Waals surface area contributed by atoms with Crippen LogP contribution in [0.15, 0.2) is 36.4 Å². The molecule has 2 heterocycles. The number of hydrogen-bond donors (Lipinski definition) is 2. The number of amides is 4. The SMILES string of the molecule is COc1ccc2c(c1)C(=O)N(C[C@@]1(Cc3ccc(C)cc3F)NC(=O)NC1=O)C2. The van der Waals surface area contributed by atoms with E-state index in [0.717, 1.165) is 11.1 Å². The van der Waals surface area contributed by atoms with Crippen LogP contribution in [-0.2, 0) is 17.8 Å². The molecule has 0 aromatic heterocycles. The Bertz CT molecular complexity index is 1040. The van der Waals surface area contributed by atoms with Crippen molar-refractivity contribution < 1.29 is 23.5 Å². The first-order valence-electron chi connectivity index (χ1n) is 9.16. The minimum Gasteiger partial charge on any atom is -0.497 e. The zero-order valence-electron chi connectivity index (χ0n) is 16.0. The molecule has 0 bridgehead atoms. The second kappa shape index (κ2) is 6.88. The summed E-state index contributed by atoms with van der Waals surface area (Å²) in [6.07, 6.45) is -0.0693. The number of methoxy groups -OCH3 is 1. The second-order valence-electron chi connectivity index (χ2n) is 7.45. The van der Waals surface area contributed by atoms with E-state index in [1.807, 2.05) is 0 Å². The van der Waals surface area contributed by atoms with Gasteiger partial charge in [0.15, 0.2) is 0 Å². The number of urea groups is 1. The van der Waals surface area contributed by atoms with E-state index in [4.69, 9.17) is 4.74 Å². The number of rotatable bonds is 5. The van der Waals surface area contributed by atoms with Gasteiger partial charge in [0, 0.05) is 18.5 Å². The number of carbonyl (C=O) groups is 3. The number of hydrogen-bond acceptors (Lipinski definition) is 4. The molecule has 2 aliphatic rings.